The number of carbonyl (C=O) groups is 1. The number of hydrogen-bond donors (Lipinski definition) is 2. The Balaban J connectivity index is 3.32. The standard InChI is InChI=1S/C9H9F3N2O2/c10-7-1-5(9(11)12)4(2-8(15)16)6(3-13)14-7/h1,9H,2-3,13H2,(H,15,16). The van der Waals surface area contributed by atoms with E-state index in [1.165, 1.54) is 0 Å². The van der Waals surface area contributed by atoms with Crippen molar-refractivity contribution < 1.29 is 23.1 Å². The van der Waals surface area contributed by atoms with Crippen LogP contribution in [0.4, 0.5) is 13.2 Å². The van der Waals surface area contributed by atoms with E-state index in [2.05, 4.69) is 4.98 Å². The van der Waals surface area contributed by atoms with Gasteiger partial charge in [-0.05, 0) is 5.56 Å². The van der Waals surface area contributed by atoms with Gasteiger partial charge in [-0.2, -0.15) is 4.39 Å². The van der Waals surface area contributed by atoms with Gasteiger partial charge in [0, 0.05) is 18.2 Å². The first-order valence-electron chi connectivity index (χ1n) is 4.34. The molecular formula is C9H9F3N2O2. The van der Waals surface area contributed by atoms with E-state index in [-0.39, 0.29) is 17.8 Å². The lowest BCUT2D eigenvalue weighted by molar-refractivity contribution is -0.136. The molecule has 0 spiro atoms. The Morgan fingerprint density at radius 2 is 2.19 bits per heavy atom. The molecule has 1 heterocycles. The number of aliphatic carboxylic acids is 1. The summed E-state index contributed by atoms with van der Waals surface area (Å²) in [7, 11) is 0. The van der Waals surface area contributed by atoms with Crippen LogP contribution < -0.4 is 5.73 Å². The number of nitrogens with zero attached hydrogens (tertiary/aromatic N) is 1. The van der Waals surface area contributed by atoms with Gasteiger partial charge < -0.3 is 10.8 Å². The number of rotatable bonds is 4. The fourth-order valence-corrected chi connectivity index (χ4v) is 1.33. The van der Waals surface area contributed by atoms with Gasteiger partial charge in [-0.25, -0.2) is 13.8 Å². The Morgan fingerprint density at radius 1 is 1.56 bits per heavy atom. The van der Waals surface area contributed by atoms with Crippen molar-refractivity contribution in [1.82, 2.24) is 4.98 Å². The zero-order valence-electron chi connectivity index (χ0n) is 8.08. The van der Waals surface area contributed by atoms with Crippen molar-refractivity contribution in [2.75, 3.05) is 0 Å². The van der Waals surface area contributed by atoms with E-state index in [9.17, 15) is 18.0 Å². The van der Waals surface area contributed by atoms with Crippen LogP contribution in [0.1, 0.15) is 23.2 Å². The minimum atomic E-state index is -2.96. The number of nitrogens with two attached hydrogens (primary N) is 1. The number of halogens is 3. The molecule has 1 aromatic heterocycles. The number of carboxylic acids is 1. The molecule has 0 bridgehead atoms. The second-order valence-electron chi connectivity index (χ2n) is 3.03. The average molecular weight is 234 g/mol. The molecule has 7 heteroatoms. The van der Waals surface area contributed by atoms with Crippen molar-refractivity contribution >= 4 is 5.97 Å². The molecule has 0 aliphatic rings. The number of pyridine rings is 1. The first kappa shape index (κ1) is 12.4. The quantitative estimate of drug-likeness (QED) is 0.768. The fourth-order valence-electron chi connectivity index (χ4n) is 1.33. The molecule has 0 saturated heterocycles. The van der Waals surface area contributed by atoms with Crippen molar-refractivity contribution in [2.45, 2.75) is 19.4 Å². The molecule has 1 rings (SSSR count). The molecule has 0 unspecified atom stereocenters. The molecule has 3 N–H and O–H groups in total. The number of hydrogen-bond acceptors (Lipinski definition) is 3. The van der Waals surface area contributed by atoms with Gasteiger partial charge in [0.15, 0.2) is 0 Å². The largest absolute Gasteiger partial charge is 0.481 e. The zero-order chi connectivity index (χ0) is 12.3. The lowest BCUT2D eigenvalue weighted by Crippen LogP contribution is -2.13. The van der Waals surface area contributed by atoms with Crippen molar-refractivity contribution in [1.29, 1.82) is 0 Å². The maximum Gasteiger partial charge on any atom is 0.307 e. The van der Waals surface area contributed by atoms with Crippen LogP contribution in [0.25, 0.3) is 0 Å². The molecule has 0 aliphatic carbocycles. The van der Waals surface area contributed by atoms with E-state index in [0.717, 1.165) is 0 Å². The van der Waals surface area contributed by atoms with E-state index in [1.54, 1.807) is 0 Å². The molecule has 0 fully saturated rings. The predicted octanol–water partition coefficient (Wildman–Crippen LogP) is 1.24. The van der Waals surface area contributed by atoms with Crippen molar-refractivity contribution in [3.63, 3.8) is 0 Å². The maximum absolute atomic E-state index is 12.8. The molecule has 0 aliphatic heterocycles. The minimum absolute atomic E-state index is 0.155. The van der Waals surface area contributed by atoms with Crippen LogP contribution >= 0.6 is 0 Å². The summed E-state index contributed by atoms with van der Waals surface area (Å²) >= 11 is 0. The van der Waals surface area contributed by atoms with Crippen LogP contribution in [0.5, 0.6) is 0 Å². The molecule has 0 atom stereocenters. The Kier molecular flexibility index (Phi) is 3.83. The summed E-state index contributed by atoms with van der Waals surface area (Å²) in [5, 5.41) is 8.56. The smallest absolute Gasteiger partial charge is 0.307 e. The Morgan fingerprint density at radius 3 is 2.62 bits per heavy atom. The molecule has 1 aromatic rings. The predicted molar refractivity (Wildman–Crippen MR) is 48.4 cm³/mol. The van der Waals surface area contributed by atoms with E-state index in [4.69, 9.17) is 10.8 Å². The number of aromatic nitrogens is 1. The summed E-state index contributed by atoms with van der Waals surface area (Å²) in [5.74, 6) is -2.39. The molecule has 0 saturated carbocycles. The summed E-state index contributed by atoms with van der Waals surface area (Å²) in [6.45, 7) is -0.292. The highest BCUT2D eigenvalue weighted by molar-refractivity contribution is 5.71. The molecule has 88 valence electrons. The molecule has 16 heavy (non-hydrogen) atoms. The van der Waals surface area contributed by atoms with E-state index in [0.29, 0.717) is 6.07 Å². The van der Waals surface area contributed by atoms with Gasteiger partial charge in [0.1, 0.15) is 0 Å². The van der Waals surface area contributed by atoms with Gasteiger partial charge in [0.05, 0.1) is 12.1 Å². The average Bonchev–Trinajstić information content (AvgIpc) is 2.19. The topological polar surface area (TPSA) is 76.2 Å². The molecular weight excluding hydrogens is 225 g/mol. The van der Waals surface area contributed by atoms with Gasteiger partial charge in [-0.15, -0.1) is 0 Å². The van der Waals surface area contributed by atoms with Gasteiger partial charge >= 0.3 is 5.97 Å². The summed E-state index contributed by atoms with van der Waals surface area (Å²) in [4.78, 5) is 13.8. The van der Waals surface area contributed by atoms with E-state index in [1.807, 2.05) is 0 Å². The zero-order valence-corrected chi connectivity index (χ0v) is 8.08. The highest BCUT2D eigenvalue weighted by Crippen LogP contribution is 2.25. The van der Waals surface area contributed by atoms with Crippen LogP contribution in [0.2, 0.25) is 0 Å². The van der Waals surface area contributed by atoms with Crippen LogP contribution in [-0.2, 0) is 17.8 Å². The molecule has 0 aromatic carbocycles. The second kappa shape index (κ2) is 4.93. The van der Waals surface area contributed by atoms with Crippen LogP contribution in [0.15, 0.2) is 6.07 Å². The van der Waals surface area contributed by atoms with Gasteiger partial charge in [-0.1, -0.05) is 0 Å². The monoisotopic (exact) mass is 234 g/mol. The third-order valence-corrected chi connectivity index (χ3v) is 1.97. The Bertz CT molecular complexity index is 410. The minimum Gasteiger partial charge on any atom is -0.481 e. The third-order valence-electron chi connectivity index (χ3n) is 1.97. The fraction of sp³-hybridized carbons (Fsp3) is 0.333. The molecule has 0 amide bonds. The van der Waals surface area contributed by atoms with Crippen molar-refractivity contribution in [3.05, 3.63) is 28.8 Å². The summed E-state index contributed by atoms with van der Waals surface area (Å²) in [6.07, 6.45) is -3.61. The lowest BCUT2D eigenvalue weighted by Gasteiger charge is -2.11. The van der Waals surface area contributed by atoms with Crippen LogP contribution in [-0.4, -0.2) is 16.1 Å². The second-order valence-corrected chi connectivity index (χ2v) is 3.03. The van der Waals surface area contributed by atoms with Crippen LogP contribution in [0, 0.1) is 5.95 Å². The van der Waals surface area contributed by atoms with Gasteiger partial charge in [0.2, 0.25) is 5.95 Å². The van der Waals surface area contributed by atoms with Crippen molar-refractivity contribution in [3.8, 4) is 0 Å². The highest BCUT2D eigenvalue weighted by Gasteiger charge is 2.20. The Hall–Kier alpha value is -1.63. The lowest BCUT2D eigenvalue weighted by atomic mass is 10.0. The first-order valence-corrected chi connectivity index (χ1v) is 4.34. The molecule has 0 radical (unpaired) electrons. The van der Waals surface area contributed by atoms with Gasteiger partial charge in [0.25, 0.3) is 6.43 Å². The first-order chi connectivity index (χ1) is 7.45. The van der Waals surface area contributed by atoms with Crippen LogP contribution in [0.3, 0.4) is 0 Å². The van der Waals surface area contributed by atoms with Crippen molar-refractivity contribution in [2.24, 2.45) is 5.73 Å². The van der Waals surface area contributed by atoms with E-state index < -0.39 is 30.3 Å². The summed E-state index contributed by atoms with van der Waals surface area (Å²) in [5.41, 5.74) is 4.16. The van der Waals surface area contributed by atoms with E-state index >= 15 is 0 Å². The number of alkyl halides is 2. The summed E-state index contributed by atoms with van der Waals surface area (Å²) < 4.78 is 37.9. The Labute approximate surface area is 88.9 Å². The number of carboxylic acid groups (broad SMARTS) is 1. The molecule has 4 nitrogen and oxygen atoms in total. The van der Waals surface area contributed by atoms with Gasteiger partial charge in [-0.3, -0.25) is 4.79 Å². The highest BCUT2D eigenvalue weighted by atomic mass is 19.3. The SMILES string of the molecule is NCc1nc(F)cc(C(F)F)c1CC(=O)O. The maximum atomic E-state index is 12.8. The third kappa shape index (κ3) is 2.69. The summed E-state index contributed by atoms with van der Waals surface area (Å²) in [6, 6.07) is 0.530. The normalized spacial score (nSPS) is 10.8.